The van der Waals surface area contributed by atoms with Crippen LogP contribution in [0.5, 0.6) is 0 Å². The van der Waals surface area contributed by atoms with Crippen LogP contribution in [0.1, 0.15) is 0 Å². The molecule has 0 aromatic heterocycles. The molecule has 0 radical (unpaired) electrons. The molecule has 1 nitrogen and oxygen atoms in total. The van der Waals surface area contributed by atoms with E-state index < -0.39 is 0 Å². The van der Waals surface area contributed by atoms with Crippen molar-refractivity contribution in [2.45, 2.75) is 0 Å². The molecular formula is C11H7NS. The Morgan fingerprint density at radius 2 is 1.77 bits per heavy atom. The van der Waals surface area contributed by atoms with Gasteiger partial charge in [-0.1, -0.05) is 36.4 Å². The van der Waals surface area contributed by atoms with E-state index in [1.165, 1.54) is 5.39 Å². The topological polar surface area (TPSA) is 12.4 Å². The van der Waals surface area contributed by atoms with E-state index in [4.69, 9.17) is 0 Å². The van der Waals surface area contributed by atoms with E-state index in [1.807, 2.05) is 30.3 Å². The van der Waals surface area contributed by atoms with Crippen molar-refractivity contribution >= 4 is 33.8 Å². The molecule has 2 heteroatoms. The van der Waals surface area contributed by atoms with Crippen molar-refractivity contribution in [3.8, 4) is 0 Å². The average molecular weight is 186 g/mol. The van der Waals surface area contributed by atoms with Crippen LogP contribution in [0.15, 0.2) is 47.5 Å². The summed E-state index contributed by atoms with van der Waals surface area (Å²) in [6, 6.07) is 14.0. The van der Waals surface area contributed by atoms with E-state index in [1.54, 1.807) is 0 Å². The van der Waals surface area contributed by atoms with E-state index in [0.29, 0.717) is 0 Å². The summed E-state index contributed by atoms with van der Waals surface area (Å²) in [5.74, 6) is 0. The highest BCUT2D eigenvalue weighted by atomic mass is 32.1. The van der Waals surface area contributed by atoms with E-state index in [9.17, 15) is 0 Å². The third-order valence-electron chi connectivity index (χ3n) is 1.93. The molecule has 2 aromatic carbocycles. The second-order valence-corrected chi connectivity index (χ2v) is 2.88. The Bertz CT molecular complexity index is 479. The van der Waals surface area contributed by atoms with E-state index in [2.05, 4.69) is 34.5 Å². The Morgan fingerprint density at radius 3 is 2.62 bits per heavy atom. The predicted octanol–water partition coefficient (Wildman–Crippen LogP) is 3.57. The van der Waals surface area contributed by atoms with Crippen LogP contribution in [-0.2, 0) is 0 Å². The Kier molecular flexibility index (Phi) is 2.17. The van der Waals surface area contributed by atoms with Crippen LogP contribution in [0.2, 0.25) is 0 Å². The smallest absolute Gasteiger partial charge is 0.0817 e. The maximum atomic E-state index is 4.58. The highest BCUT2D eigenvalue weighted by molar-refractivity contribution is 7.78. The van der Waals surface area contributed by atoms with Crippen molar-refractivity contribution in [3.63, 3.8) is 0 Å². The number of aliphatic imine (C=N–C) groups is 1. The molecule has 0 aliphatic carbocycles. The van der Waals surface area contributed by atoms with Gasteiger partial charge in [-0.15, -0.1) is 0 Å². The maximum Gasteiger partial charge on any atom is 0.0817 e. The lowest BCUT2D eigenvalue weighted by atomic mass is 10.1. The number of fused-ring (bicyclic) bond motifs is 1. The van der Waals surface area contributed by atoms with Crippen LogP contribution in [0, 0.1) is 0 Å². The molecule has 0 N–H and O–H groups in total. The first-order valence-electron chi connectivity index (χ1n) is 3.97. The summed E-state index contributed by atoms with van der Waals surface area (Å²) in [5, 5.41) is 4.67. The van der Waals surface area contributed by atoms with Crippen molar-refractivity contribution in [2.24, 2.45) is 4.99 Å². The zero-order valence-corrected chi connectivity index (χ0v) is 7.71. The van der Waals surface area contributed by atoms with Gasteiger partial charge in [0.1, 0.15) is 0 Å². The SMILES string of the molecule is S=C=[15N]c1cccc2ccccc12. The molecule has 0 heterocycles. The van der Waals surface area contributed by atoms with Crippen molar-refractivity contribution in [2.75, 3.05) is 0 Å². The molecule has 13 heavy (non-hydrogen) atoms. The van der Waals surface area contributed by atoms with Gasteiger partial charge in [-0.25, -0.2) is 0 Å². The molecule has 2 aromatic rings. The molecule has 0 aliphatic heterocycles. The monoisotopic (exact) mass is 186 g/mol. The summed E-state index contributed by atoms with van der Waals surface area (Å²) in [5.41, 5.74) is 0.883. The lowest BCUT2D eigenvalue weighted by Gasteiger charge is -1.98. The summed E-state index contributed by atoms with van der Waals surface area (Å²) in [7, 11) is 0. The summed E-state index contributed by atoms with van der Waals surface area (Å²) >= 11 is 4.58. The minimum Gasteiger partial charge on any atom is -0.194 e. The fraction of sp³-hybridized carbons (Fsp3) is 0. The summed E-state index contributed by atoms with van der Waals surface area (Å²) in [6.07, 6.45) is 0. The maximum absolute atomic E-state index is 4.58. The zero-order valence-electron chi connectivity index (χ0n) is 6.90. The van der Waals surface area contributed by atoms with Crippen molar-refractivity contribution in [3.05, 3.63) is 42.5 Å². The minimum atomic E-state index is 0.883. The summed E-state index contributed by atoms with van der Waals surface area (Å²) in [4.78, 5) is 4.00. The van der Waals surface area contributed by atoms with Gasteiger partial charge in [0.2, 0.25) is 0 Å². The molecule has 0 saturated heterocycles. The zero-order chi connectivity index (χ0) is 9.10. The summed E-state index contributed by atoms with van der Waals surface area (Å²) < 4.78 is 0. The lowest BCUT2D eigenvalue weighted by molar-refractivity contribution is 1.60. The van der Waals surface area contributed by atoms with Crippen LogP contribution in [0.25, 0.3) is 10.8 Å². The van der Waals surface area contributed by atoms with Crippen molar-refractivity contribution in [1.82, 2.24) is 0 Å². The minimum absolute atomic E-state index is 0.883. The van der Waals surface area contributed by atoms with Gasteiger partial charge < -0.3 is 0 Å². The first kappa shape index (κ1) is 8.11. The number of thiocarbonyl (C=S) groups is 1. The van der Waals surface area contributed by atoms with Crippen LogP contribution in [0.4, 0.5) is 5.69 Å². The number of benzene rings is 2. The molecule has 0 unspecified atom stereocenters. The van der Waals surface area contributed by atoms with Gasteiger partial charge in [-0.3, -0.25) is 0 Å². The second-order valence-electron chi connectivity index (χ2n) is 2.70. The fourth-order valence-electron chi connectivity index (χ4n) is 1.35. The van der Waals surface area contributed by atoms with Gasteiger partial charge in [-0.2, -0.15) is 4.99 Å². The predicted molar refractivity (Wildman–Crippen MR) is 58.6 cm³/mol. The number of isothiocyanates is 1. The Balaban J connectivity index is 2.82. The molecule has 0 spiro atoms. The Morgan fingerprint density at radius 1 is 1.00 bits per heavy atom. The Labute approximate surface area is 81.7 Å². The van der Waals surface area contributed by atoms with E-state index in [0.717, 1.165) is 11.1 Å². The molecule has 2 rings (SSSR count). The molecule has 0 fully saturated rings. The van der Waals surface area contributed by atoms with Gasteiger partial charge in [0.25, 0.3) is 0 Å². The largest absolute Gasteiger partial charge is 0.194 e. The van der Waals surface area contributed by atoms with Gasteiger partial charge in [0, 0.05) is 5.39 Å². The third-order valence-corrected chi connectivity index (χ3v) is 2.02. The first-order valence-corrected chi connectivity index (χ1v) is 4.38. The number of hydrogen-bond acceptors (Lipinski definition) is 2. The molecule has 62 valence electrons. The van der Waals surface area contributed by atoms with Gasteiger partial charge in [0.05, 0.1) is 10.8 Å². The lowest BCUT2D eigenvalue weighted by Crippen LogP contribution is -1.71. The van der Waals surface area contributed by atoms with Crippen LogP contribution in [0.3, 0.4) is 0 Å². The van der Waals surface area contributed by atoms with Crippen LogP contribution >= 0.6 is 12.2 Å². The highest BCUT2D eigenvalue weighted by Crippen LogP contribution is 2.24. The molecule has 0 amide bonds. The number of rotatable bonds is 1. The molecular weight excluding hydrogens is 179 g/mol. The second kappa shape index (κ2) is 3.48. The summed E-state index contributed by atoms with van der Waals surface area (Å²) in [6.45, 7) is 0. The molecule has 0 saturated carbocycles. The van der Waals surface area contributed by atoms with Crippen molar-refractivity contribution < 1.29 is 0 Å². The van der Waals surface area contributed by atoms with E-state index >= 15 is 0 Å². The third kappa shape index (κ3) is 1.50. The average Bonchev–Trinajstić information content (AvgIpc) is 2.19. The fourth-order valence-corrected chi connectivity index (χ4v) is 1.45. The first-order chi connectivity index (χ1) is 6.42. The molecule has 0 bridgehead atoms. The standard InChI is InChI=1S/C11H7NS/c13-8-12-11-7-3-5-9-4-1-2-6-10(9)11/h1-7H/i12+1. The highest BCUT2D eigenvalue weighted by Gasteiger charge is 1.96. The van der Waals surface area contributed by atoms with E-state index in [-0.39, 0.29) is 0 Å². The van der Waals surface area contributed by atoms with Crippen molar-refractivity contribution in [1.29, 1.82) is 0 Å². The number of nitrogens with zero attached hydrogens (tertiary/aromatic N) is 1. The van der Waals surface area contributed by atoms with Gasteiger partial charge in [-0.05, 0) is 23.7 Å². The van der Waals surface area contributed by atoms with Gasteiger partial charge in [0.15, 0.2) is 0 Å². The molecule has 0 atom stereocenters. The molecule has 0 aliphatic rings. The van der Waals surface area contributed by atoms with Crippen LogP contribution < -0.4 is 0 Å². The van der Waals surface area contributed by atoms with Gasteiger partial charge >= 0.3 is 0 Å². The van der Waals surface area contributed by atoms with Crippen LogP contribution in [-0.4, -0.2) is 5.16 Å². The Hall–Kier alpha value is -1.50. The normalized spacial score (nSPS) is 9.54. The number of hydrogen-bond donors (Lipinski definition) is 0. The quantitative estimate of drug-likeness (QED) is 0.377.